The van der Waals surface area contributed by atoms with Gasteiger partial charge in [-0.3, -0.25) is 10.1 Å². The Kier molecular flexibility index (Phi) is 6.41. The second kappa shape index (κ2) is 9.16. The van der Waals surface area contributed by atoms with Gasteiger partial charge in [0.05, 0.1) is 11.0 Å². The zero-order valence-electron chi connectivity index (χ0n) is 15.8. The van der Waals surface area contributed by atoms with Gasteiger partial charge >= 0.3 is 6.03 Å². The molecule has 2 N–H and O–H groups in total. The van der Waals surface area contributed by atoms with Gasteiger partial charge < -0.3 is 15.4 Å². The Morgan fingerprint density at radius 3 is 2.86 bits per heavy atom. The molecule has 2 aromatic rings. The lowest BCUT2D eigenvalue weighted by Gasteiger charge is -2.17. The summed E-state index contributed by atoms with van der Waals surface area (Å²) in [5.74, 6) is 0.557. The van der Waals surface area contributed by atoms with E-state index in [1.165, 1.54) is 25.0 Å². The fourth-order valence-corrected chi connectivity index (χ4v) is 3.24. The monoisotopic (exact) mass is 384 g/mol. The van der Waals surface area contributed by atoms with Gasteiger partial charge in [-0.15, -0.1) is 0 Å². The number of urea groups is 1. The van der Waals surface area contributed by atoms with E-state index in [4.69, 9.17) is 4.74 Å². The van der Waals surface area contributed by atoms with Gasteiger partial charge in [0.15, 0.2) is 0 Å². The highest BCUT2D eigenvalue weighted by Gasteiger charge is 2.19. The third kappa shape index (κ3) is 5.18. The minimum atomic E-state index is -0.454. The predicted molar refractivity (Wildman–Crippen MR) is 104 cm³/mol. The summed E-state index contributed by atoms with van der Waals surface area (Å²) in [6.07, 6.45) is 6.27. The quantitative estimate of drug-likeness (QED) is 0.557. The molecule has 8 nitrogen and oxygen atoms in total. The number of amides is 2. The molecule has 148 valence electrons. The number of pyridine rings is 1. The van der Waals surface area contributed by atoms with Crippen LogP contribution < -0.4 is 15.4 Å². The average Bonchev–Trinajstić information content (AvgIpc) is 3.20. The molecule has 0 spiro atoms. The lowest BCUT2D eigenvalue weighted by atomic mass is 10.1. The van der Waals surface area contributed by atoms with Crippen LogP contribution >= 0.6 is 0 Å². The first-order valence-electron chi connectivity index (χ1n) is 9.42. The smallest absolute Gasteiger partial charge is 0.315 e. The topological polar surface area (TPSA) is 106 Å². The largest absolute Gasteiger partial charge is 0.474 e. The van der Waals surface area contributed by atoms with Crippen LogP contribution in [0.25, 0.3) is 0 Å². The minimum absolute atomic E-state index is 0.00405. The van der Waals surface area contributed by atoms with Gasteiger partial charge in [-0.2, -0.15) is 0 Å². The van der Waals surface area contributed by atoms with Crippen LogP contribution in [0.3, 0.4) is 0 Å². The van der Waals surface area contributed by atoms with Crippen molar-refractivity contribution in [1.82, 2.24) is 15.6 Å². The van der Waals surface area contributed by atoms with Crippen molar-refractivity contribution in [3.63, 3.8) is 0 Å². The van der Waals surface area contributed by atoms with Crippen molar-refractivity contribution in [2.24, 2.45) is 0 Å². The molecule has 0 radical (unpaired) electrons. The molecule has 1 unspecified atom stereocenters. The van der Waals surface area contributed by atoms with Crippen molar-refractivity contribution in [1.29, 1.82) is 0 Å². The van der Waals surface area contributed by atoms with Gasteiger partial charge in [-0.25, -0.2) is 9.78 Å². The van der Waals surface area contributed by atoms with Gasteiger partial charge in [0.2, 0.25) is 5.88 Å². The van der Waals surface area contributed by atoms with E-state index in [0.29, 0.717) is 11.4 Å². The van der Waals surface area contributed by atoms with E-state index in [0.717, 1.165) is 18.4 Å². The highest BCUT2D eigenvalue weighted by Crippen LogP contribution is 2.25. The summed E-state index contributed by atoms with van der Waals surface area (Å²) in [4.78, 5) is 27.0. The van der Waals surface area contributed by atoms with Crippen LogP contribution in [-0.4, -0.2) is 22.0 Å². The summed E-state index contributed by atoms with van der Waals surface area (Å²) in [5.41, 5.74) is 1.47. The molecule has 0 saturated heterocycles. The van der Waals surface area contributed by atoms with E-state index in [9.17, 15) is 14.9 Å². The van der Waals surface area contributed by atoms with E-state index in [1.54, 1.807) is 25.3 Å². The summed E-state index contributed by atoms with van der Waals surface area (Å²) < 4.78 is 5.98. The molecule has 1 aromatic carbocycles. The maximum Gasteiger partial charge on any atom is 0.315 e. The van der Waals surface area contributed by atoms with Gasteiger partial charge in [-0.05, 0) is 44.2 Å². The number of hydrogen-bond donors (Lipinski definition) is 2. The van der Waals surface area contributed by atoms with Gasteiger partial charge in [0.1, 0.15) is 6.10 Å². The molecule has 1 saturated carbocycles. The molecular formula is C20H24N4O4. The molecule has 1 heterocycles. The molecule has 2 amide bonds. The van der Waals surface area contributed by atoms with Crippen LogP contribution in [0, 0.1) is 10.1 Å². The summed E-state index contributed by atoms with van der Waals surface area (Å²) in [5, 5.41) is 16.5. The molecule has 1 aromatic heterocycles. The molecule has 1 fully saturated rings. The van der Waals surface area contributed by atoms with Crippen molar-refractivity contribution in [3.05, 3.63) is 63.8 Å². The second-order valence-corrected chi connectivity index (χ2v) is 6.89. The van der Waals surface area contributed by atoms with E-state index in [-0.39, 0.29) is 30.4 Å². The summed E-state index contributed by atoms with van der Waals surface area (Å²) in [6, 6.07) is 9.17. The first kappa shape index (κ1) is 19.6. The fourth-order valence-electron chi connectivity index (χ4n) is 3.24. The number of nitro groups is 1. The second-order valence-electron chi connectivity index (χ2n) is 6.89. The minimum Gasteiger partial charge on any atom is -0.474 e. The first-order valence-corrected chi connectivity index (χ1v) is 9.42. The number of nitro benzene ring substituents is 1. The van der Waals surface area contributed by atoms with Gasteiger partial charge in [0.25, 0.3) is 5.69 Å². The van der Waals surface area contributed by atoms with E-state index in [1.807, 2.05) is 12.1 Å². The third-order valence-corrected chi connectivity index (χ3v) is 4.80. The standard InChI is InChI=1S/C20H24N4O4/c1-14(15-6-4-8-17(12-15)24(26)27)23-20(25)22-13-16-7-5-11-21-19(16)28-18-9-2-3-10-18/h4-8,11-12,14,18H,2-3,9-10,13H2,1H3,(H2,22,23,25). The van der Waals surface area contributed by atoms with Crippen LogP contribution in [-0.2, 0) is 6.54 Å². The first-order chi connectivity index (χ1) is 13.5. The number of aromatic nitrogens is 1. The van der Waals surface area contributed by atoms with Crippen molar-refractivity contribution in [2.75, 3.05) is 0 Å². The van der Waals surface area contributed by atoms with Crippen LogP contribution in [0.4, 0.5) is 10.5 Å². The lowest BCUT2D eigenvalue weighted by molar-refractivity contribution is -0.384. The maximum absolute atomic E-state index is 12.3. The number of carbonyl (C=O) groups is 1. The Balaban J connectivity index is 1.55. The molecule has 1 aliphatic rings. The van der Waals surface area contributed by atoms with Gasteiger partial charge in [0, 0.05) is 30.4 Å². The molecule has 0 bridgehead atoms. The van der Waals surface area contributed by atoms with Crippen LogP contribution in [0.15, 0.2) is 42.6 Å². The van der Waals surface area contributed by atoms with Crippen LogP contribution in [0.2, 0.25) is 0 Å². The molecule has 8 heteroatoms. The summed E-state index contributed by atoms with van der Waals surface area (Å²) >= 11 is 0. The number of nitrogens with zero attached hydrogens (tertiary/aromatic N) is 2. The average molecular weight is 384 g/mol. The van der Waals surface area contributed by atoms with E-state index >= 15 is 0 Å². The van der Waals surface area contributed by atoms with Crippen molar-refractivity contribution >= 4 is 11.7 Å². The number of hydrogen-bond acceptors (Lipinski definition) is 5. The summed E-state index contributed by atoms with van der Waals surface area (Å²) in [6.45, 7) is 2.06. The number of rotatable bonds is 7. The summed E-state index contributed by atoms with van der Waals surface area (Å²) in [7, 11) is 0. The number of non-ortho nitro benzene ring substituents is 1. The highest BCUT2D eigenvalue weighted by atomic mass is 16.6. The van der Waals surface area contributed by atoms with Crippen LogP contribution in [0.5, 0.6) is 5.88 Å². The molecule has 0 aliphatic heterocycles. The number of benzene rings is 1. The molecule has 3 rings (SSSR count). The Morgan fingerprint density at radius 2 is 2.11 bits per heavy atom. The predicted octanol–water partition coefficient (Wildman–Crippen LogP) is 3.87. The zero-order chi connectivity index (χ0) is 19.9. The van der Waals surface area contributed by atoms with Crippen molar-refractivity contribution in [3.8, 4) is 5.88 Å². The molecular weight excluding hydrogens is 360 g/mol. The molecule has 28 heavy (non-hydrogen) atoms. The van der Waals surface area contributed by atoms with Crippen molar-refractivity contribution < 1.29 is 14.5 Å². The van der Waals surface area contributed by atoms with Crippen LogP contribution in [0.1, 0.15) is 49.8 Å². The third-order valence-electron chi connectivity index (χ3n) is 4.80. The van der Waals surface area contributed by atoms with Gasteiger partial charge in [-0.1, -0.05) is 18.2 Å². The number of nitrogens with one attached hydrogen (secondary N) is 2. The maximum atomic E-state index is 12.3. The molecule has 1 aliphatic carbocycles. The molecule has 1 atom stereocenters. The number of carbonyl (C=O) groups excluding carboxylic acids is 1. The highest BCUT2D eigenvalue weighted by molar-refractivity contribution is 5.74. The lowest BCUT2D eigenvalue weighted by Crippen LogP contribution is -2.36. The zero-order valence-corrected chi connectivity index (χ0v) is 15.8. The Bertz CT molecular complexity index is 836. The van der Waals surface area contributed by atoms with E-state index in [2.05, 4.69) is 15.6 Å². The Morgan fingerprint density at radius 1 is 1.32 bits per heavy atom. The van der Waals surface area contributed by atoms with E-state index < -0.39 is 4.92 Å². The van der Waals surface area contributed by atoms with Crippen molar-refractivity contribution in [2.45, 2.75) is 51.3 Å². The SMILES string of the molecule is CC(NC(=O)NCc1cccnc1OC1CCCC1)c1cccc([N+](=O)[O-])c1. The number of ether oxygens (including phenoxy) is 1. The fraction of sp³-hybridized carbons (Fsp3) is 0.400. The normalized spacial score (nSPS) is 15.0. The Labute approximate surface area is 163 Å². The Hall–Kier alpha value is -3.16.